The van der Waals surface area contributed by atoms with Crippen LogP contribution in [0.3, 0.4) is 0 Å². The van der Waals surface area contributed by atoms with Crippen molar-refractivity contribution in [1.82, 2.24) is 10.3 Å². The molecule has 7 nitrogen and oxygen atoms in total. The monoisotopic (exact) mass is 387 g/mol. The Morgan fingerprint density at radius 3 is 2.67 bits per heavy atom. The molecule has 0 aliphatic rings. The lowest BCUT2D eigenvalue weighted by atomic mass is 10.1. The number of amides is 1. The summed E-state index contributed by atoms with van der Waals surface area (Å²) >= 11 is 6.06. The summed E-state index contributed by atoms with van der Waals surface area (Å²) < 4.78 is 15.7. The molecule has 0 saturated carbocycles. The fourth-order valence-electron chi connectivity index (χ4n) is 2.49. The van der Waals surface area contributed by atoms with Crippen molar-refractivity contribution in [3.63, 3.8) is 0 Å². The number of ether oxygens (including phenoxy) is 2. The van der Waals surface area contributed by atoms with Gasteiger partial charge in [0.25, 0.3) is 5.91 Å². The molecule has 0 unspecified atom stereocenters. The van der Waals surface area contributed by atoms with Crippen molar-refractivity contribution in [2.24, 2.45) is 0 Å². The van der Waals surface area contributed by atoms with Crippen molar-refractivity contribution >= 4 is 23.3 Å². The molecule has 8 heteroatoms. The molecule has 3 rings (SSSR count). The van der Waals surface area contributed by atoms with Gasteiger partial charge < -0.3 is 14.8 Å². The Kier molecular flexibility index (Phi) is 5.61. The van der Waals surface area contributed by atoms with Crippen molar-refractivity contribution in [3.8, 4) is 22.8 Å². The minimum Gasteiger partial charge on any atom is -0.496 e. The molecule has 1 heterocycles. The van der Waals surface area contributed by atoms with Crippen LogP contribution in [0.25, 0.3) is 11.3 Å². The van der Waals surface area contributed by atoms with Gasteiger partial charge in [-0.25, -0.2) is 4.63 Å². The second-order valence-electron chi connectivity index (χ2n) is 5.83. The quantitative estimate of drug-likeness (QED) is 0.684. The van der Waals surface area contributed by atoms with Crippen LogP contribution in [0, 0.1) is 6.92 Å². The van der Waals surface area contributed by atoms with Crippen LogP contribution in [0.5, 0.6) is 11.5 Å². The van der Waals surface area contributed by atoms with Crippen LogP contribution in [0.4, 0.5) is 5.82 Å². The number of nitrogens with one attached hydrogen (secondary N) is 1. The first-order valence-electron chi connectivity index (χ1n) is 8.19. The van der Waals surface area contributed by atoms with E-state index in [-0.39, 0.29) is 5.82 Å². The maximum absolute atomic E-state index is 12.5. The number of carbonyl (C=O) groups is 1. The van der Waals surface area contributed by atoms with Gasteiger partial charge in [-0.05, 0) is 60.1 Å². The molecule has 3 aromatic rings. The van der Waals surface area contributed by atoms with Crippen molar-refractivity contribution in [3.05, 3.63) is 53.1 Å². The summed E-state index contributed by atoms with van der Waals surface area (Å²) in [6, 6.07) is 12.4. The summed E-state index contributed by atoms with van der Waals surface area (Å²) in [7, 11) is 1.60. The first kappa shape index (κ1) is 18.7. The topological polar surface area (TPSA) is 86.5 Å². The van der Waals surface area contributed by atoms with Gasteiger partial charge in [-0.15, -0.1) is 0 Å². The third-order valence-corrected chi connectivity index (χ3v) is 4.22. The van der Waals surface area contributed by atoms with Gasteiger partial charge in [0.2, 0.25) is 5.82 Å². The Morgan fingerprint density at radius 2 is 1.96 bits per heavy atom. The summed E-state index contributed by atoms with van der Waals surface area (Å²) in [5.74, 6) is 0.977. The first-order valence-corrected chi connectivity index (χ1v) is 8.57. The van der Waals surface area contributed by atoms with Gasteiger partial charge >= 0.3 is 0 Å². The number of hydrogen-bond donors (Lipinski definition) is 1. The molecule has 140 valence electrons. The zero-order valence-corrected chi connectivity index (χ0v) is 15.8. The molecule has 0 aliphatic carbocycles. The Labute approximate surface area is 161 Å². The summed E-state index contributed by atoms with van der Waals surface area (Å²) in [6.07, 6.45) is -0.799. The van der Waals surface area contributed by atoms with E-state index < -0.39 is 12.0 Å². The average molecular weight is 388 g/mol. The normalized spacial score (nSPS) is 11.7. The predicted molar refractivity (Wildman–Crippen MR) is 101 cm³/mol. The fourth-order valence-corrected chi connectivity index (χ4v) is 2.67. The van der Waals surface area contributed by atoms with E-state index in [2.05, 4.69) is 15.6 Å². The molecule has 0 radical (unpaired) electrons. The lowest BCUT2D eigenvalue weighted by molar-refractivity contribution is -0.122. The fraction of sp³-hybridized carbons (Fsp3) is 0.211. The smallest absolute Gasteiger partial charge is 0.266 e. The van der Waals surface area contributed by atoms with E-state index in [0.29, 0.717) is 16.5 Å². The number of anilines is 1. The van der Waals surface area contributed by atoms with Crippen LogP contribution in [0.2, 0.25) is 5.02 Å². The number of methoxy groups -OCH3 is 1. The van der Waals surface area contributed by atoms with Gasteiger partial charge in [0.1, 0.15) is 11.5 Å². The lowest BCUT2D eigenvalue weighted by Gasteiger charge is -2.14. The molecule has 27 heavy (non-hydrogen) atoms. The second kappa shape index (κ2) is 8.09. The molecule has 1 amide bonds. The molecule has 0 spiro atoms. The van der Waals surface area contributed by atoms with Gasteiger partial charge in [0, 0.05) is 5.56 Å². The predicted octanol–water partition coefficient (Wildman–Crippen LogP) is 4.11. The highest BCUT2D eigenvalue weighted by atomic mass is 35.5. The van der Waals surface area contributed by atoms with Crippen LogP contribution in [-0.4, -0.2) is 29.4 Å². The van der Waals surface area contributed by atoms with E-state index in [4.69, 9.17) is 25.7 Å². The van der Waals surface area contributed by atoms with E-state index in [1.165, 1.54) is 0 Å². The third-order valence-electron chi connectivity index (χ3n) is 3.91. The summed E-state index contributed by atoms with van der Waals surface area (Å²) in [6.45, 7) is 3.52. The molecule has 0 aliphatic heterocycles. The van der Waals surface area contributed by atoms with Crippen LogP contribution < -0.4 is 14.8 Å². The zero-order valence-electron chi connectivity index (χ0n) is 15.0. The Bertz CT molecular complexity index is 958. The molecule has 1 aromatic heterocycles. The maximum Gasteiger partial charge on any atom is 0.266 e. The van der Waals surface area contributed by atoms with Crippen molar-refractivity contribution in [1.29, 1.82) is 0 Å². The number of rotatable bonds is 6. The summed E-state index contributed by atoms with van der Waals surface area (Å²) in [5.41, 5.74) is 2.08. The second-order valence-corrected chi connectivity index (χ2v) is 6.23. The molecular weight excluding hydrogens is 370 g/mol. The zero-order chi connectivity index (χ0) is 19.4. The number of nitrogens with zero attached hydrogens (tertiary/aromatic N) is 2. The number of aromatic nitrogens is 2. The molecule has 0 fully saturated rings. The number of carbonyl (C=O) groups excluding carboxylic acids is 1. The summed E-state index contributed by atoms with van der Waals surface area (Å²) in [5, 5.41) is 10.8. The van der Waals surface area contributed by atoms with Crippen molar-refractivity contribution in [2.75, 3.05) is 12.4 Å². The first-order chi connectivity index (χ1) is 13.0. The summed E-state index contributed by atoms with van der Waals surface area (Å²) in [4.78, 5) is 12.5. The Hall–Kier alpha value is -3.06. The minimum atomic E-state index is -0.799. The van der Waals surface area contributed by atoms with Crippen LogP contribution in [0.1, 0.15) is 12.5 Å². The Balaban J connectivity index is 1.75. The standard InChI is InChI=1S/C19H18ClN3O4/c1-11-10-13(8-9-15(11)25-3)17-18(23-27-22-17)21-19(24)12(2)26-16-7-5-4-6-14(16)20/h4-10,12H,1-3H3,(H,21,23,24)/t12-/m0/s1. The highest BCUT2D eigenvalue weighted by molar-refractivity contribution is 6.32. The van der Waals surface area contributed by atoms with E-state index in [1.807, 2.05) is 25.1 Å². The molecular formula is C19H18ClN3O4. The lowest BCUT2D eigenvalue weighted by Crippen LogP contribution is -2.30. The van der Waals surface area contributed by atoms with Crippen LogP contribution in [0.15, 0.2) is 47.1 Å². The Morgan fingerprint density at radius 1 is 1.19 bits per heavy atom. The maximum atomic E-state index is 12.5. The average Bonchev–Trinajstić information content (AvgIpc) is 3.11. The van der Waals surface area contributed by atoms with Gasteiger partial charge in [-0.3, -0.25) is 4.79 Å². The molecule has 0 saturated heterocycles. The van der Waals surface area contributed by atoms with Crippen molar-refractivity contribution in [2.45, 2.75) is 20.0 Å². The molecule has 1 N–H and O–H groups in total. The van der Waals surface area contributed by atoms with Gasteiger partial charge in [0.15, 0.2) is 11.8 Å². The van der Waals surface area contributed by atoms with Gasteiger partial charge in [-0.1, -0.05) is 23.7 Å². The van der Waals surface area contributed by atoms with Crippen LogP contribution >= 0.6 is 11.6 Å². The van der Waals surface area contributed by atoms with Crippen molar-refractivity contribution < 1.29 is 18.9 Å². The number of para-hydroxylation sites is 1. The highest BCUT2D eigenvalue weighted by Gasteiger charge is 2.21. The number of halogens is 1. The number of aryl methyl sites for hydroxylation is 1. The minimum absolute atomic E-state index is 0.208. The molecule has 2 aromatic carbocycles. The van der Waals surface area contributed by atoms with E-state index in [9.17, 15) is 4.79 Å². The third kappa shape index (κ3) is 4.20. The van der Waals surface area contributed by atoms with E-state index in [1.54, 1.807) is 38.3 Å². The van der Waals surface area contributed by atoms with Gasteiger partial charge in [-0.2, -0.15) is 0 Å². The van der Waals surface area contributed by atoms with Gasteiger partial charge in [0.05, 0.1) is 12.1 Å². The van der Waals surface area contributed by atoms with E-state index in [0.717, 1.165) is 16.9 Å². The van der Waals surface area contributed by atoms with Crippen LogP contribution in [-0.2, 0) is 4.79 Å². The molecule has 0 bridgehead atoms. The number of benzene rings is 2. The SMILES string of the molecule is COc1ccc(-c2nonc2NC(=O)[C@H](C)Oc2ccccc2Cl)cc1C. The molecule has 1 atom stereocenters. The highest BCUT2D eigenvalue weighted by Crippen LogP contribution is 2.29. The van der Waals surface area contributed by atoms with E-state index >= 15 is 0 Å². The largest absolute Gasteiger partial charge is 0.496 e. The number of hydrogen-bond acceptors (Lipinski definition) is 6.